The number of benzene rings is 2. The van der Waals surface area contributed by atoms with Crippen LogP contribution in [-0.4, -0.2) is 52.9 Å². The summed E-state index contributed by atoms with van der Waals surface area (Å²) in [6, 6.07) is 15.7. The van der Waals surface area contributed by atoms with Crippen LogP contribution in [0.4, 0.5) is 0 Å². The van der Waals surface area contributed by atoms with Crippen molar-refractivity contribution in [1.82, 2.24) is 9.47 Å². The van der Waals surface area contributed by atoms with Crippen LogP contribution >= 0.6 is 0 Å². The standard InChI is InChI=1S/C26H30N2O4/c1-16-7-6-8-17-11-20(27(2)25(16)17)26(30)28-14-18-12-21(29)24(13-19(18)15-28)32-23-10-5-4-9-22(23)31-3/h4-11,18-19,21,24,29H,12-15H2,1-3H3/t18-,19+,21+,24+/m0/s1. The molecule has 2 aliphatic rings. The van der Waals surface area contributed by atoms with Gasteiger partial charge in [0.1, 0.15) is 11.8 Å². The number of hydrogen-bond acceptors (Lipinski definition) is 4. The number of carbonyl (C=O) groups is 1. The molecule has 1 saturated heterocycles. The zero-order valence-corrected chi connectivity index (χ0v) is 18.8. The molecule has 32 heavy (non-hydrogen) atoms. The lowest BCUT2D eigenvalue weighted by atomic mass is 9.78. The minimum atomic E-state index is -0.559. The second-order valence-corrected chi connectivity index (χ2v) is 9.18. The third kappa shape index (κ3) is 3.52. The molecule has 2 heterocycles. The van der Waals surface area contributed by atoms with Gasteiger partial charge in [0.25, 0.3) is 5.91 Å². The summed E-state index contributed by atoms with van der Waals surface area (Å²) in [6.45, 7) is 3.45. The summed E-state index contributed by atoms with van der Waals surface area (Å²) in [5.41, 5.74) is 2.99. The Hall–Kier alpha value is -2.99. The smallest absolute Gasteiger partial charge is 0.270 e. The first kappa shape index (κ1) is 20.9. The molecule has 1 aromatic heterocycles. The first-order valence-electron chi connectivity index (χ1n) is 11.3. The predicted octanol–water partition coefficient (Wildman–Crippen LogP) is 3.79. The van der Waals surface area contributed by atoms with E-state index in [2.05, 4.69) is 19.1 Å². The van der Waals surface area contributed by atoms with Gasteiger partial charge in [0, 0.05) is 25.5 Å². The van der Waals surface area contributed by atoms with Crippen molar-refractivity contribution in [3.8, 4) is 11.5 Å². The van der Waals surface area contributed by atoms with Crippen LogP contribution in [0.2, 0.25) is 0 Å². The number of amides is 1. The van der Waals surface area contributed by atoms with Crippen molar-refractivity contribution < 1.29 is 19.4 Å². The second-order valence-electron chi connectivity index (χ2n) is 9.18. The van der Waals surface area contributed by atoms with Gasteiger partial charge in [-0.15, -0.1) is 0 Å². The van der Waals surface area contributed by atoms with Crippen molar-refractivity contribution in [2.24, 2.45) is 18.9 Å². The number of para-hydroxylation sites is 3. The molecular weight excluding hydrogens is 404 g/mol. The highest BCUT2D eigenvalue weighted by Gasteiger charge is 2.44. The molecular formula is C26H30N2O4. The van der Waals surface area contributed by atoms with Gasteiger partial charge in [-0.25, -0.2) is 0 Å². The fraction of sp³-hybridized carbons (Fsp3) is 0.423. The fourth-order valence-electron chi connectivity index (χ4n) is 5.55. The number of fused-ring (bicyclic) bond motifs is 2. The van der Waals surface area contributed by atoms with Gasteiger partial charge in [0.2, 0.25) is 0 Å². The molecule has 1 N–H and O–H groups in total. The van der Waals surface area contributed by atoms with Crippen molar-refractivity contribution in [2.75, 3.05) is 20.2 Å². The number of likely N-dealkylation sites (tertiary alicyclic amines) is 1. The van der Waals surface area contributed by atoms with Crippen molar-refractivity contribution in [2.45, 2.75) is 32.0 Å². The van der Waals surface area contributed by atoms with Gasteiger partial charge in [-0.1, -0.05) is 30.3 Å². The molecule has 6 nitrogen and oxygen atoms in total. The Balaban J connectivity index is 1.32. The van der Waals surface area contributed by atoms with E-state index in [1.54, 1.807) is 7.11 Å². The quantitative estimate of drug-likeness (QED) is 0.679. The number of methoxy groups -OCH3 is 1. The molecule has 0 bridgehead atoms. The average molecular weight is 435 g/mol. The molecule has 0 unspecified atom stereocenters. The van der Waals surface area contributed by atoms with Gasteiger partial charge in [-0.3, -0.25) is 4.79 Å². The third-order valence-corrected chi connectivity index (χ3v) is 7.20. The summed E-state index contributed by atoms with van der Waals surface area (Å²) in [5.74, 6) is 1.99. The Morgan fingerprint density at radius 2 is 1.75 bits per heavy atom. The van der Waals surface area contributed by atoms with Crippen LogP contribution in [0.5, 0.6) is 11.5 Å². The van der Waals surface area contributed by atoms with Crippen LogP contribution in [-0.2, 0) is 7.05 Å². The number of aromatic nitrogens is 1. The van der Waals surface area contributed by atoms with Crippen LogP contribution in [0, 0.1) is 18.8 Å². The van der Waals surface area contributed by atoms with E-state index < -0.39 is 6.10 Å². The molecule has 1 aliphatic heterocycles. The number of ether oxygens (including phenoxy) is 2. The SMILES string of the molecule is COc1ccccc1O[C@@H]1C[C@@H]2CN(C(=O)c3cc4cccc(C)c4n3C)C[C@@H]2C[C@H]1O. The number of carbonyl (C=O) groups excluding carboxylic acids is 1. The molecule has 1 saturated carbocycles. The topological polar surface area (TPSA) is 63.9 Å². The third-order valence-electron chi connectivity index (χ3n) is 7.20. The molecule has 2 fully saturated rings. The highest BCUT2D eigenvalue weighted by molar-refractivity contribution is 5.99. The van der Waals surface area contributed by atoms with E-state index in [9.17, 15) is 9.90 Å². The highest BCUT2D eigenvalue weighted by atomic mass is 16.5. The molecule has 4 atom stereocenters. The van der Waals surface area contributed by atoms with E-state index in [4.69, 9.17) is 9.47 Å². The van der Waals surface area contributed by atoms with E-state index >= 15 is 0 Å². The minimum Gasteiger partial charge on any atom is -0.493 e. The summed E-state index contributed by atoms with van der Waals surface area (Å²) < 4.78 is 13.6. The van der Waals surface area contributed by atoms with E-state index in [0.29, 0.717) is 42.8 Å². The summed E-state index contributed by atoms with van der Waals surface area (Å²) in [7, 11) is 3.58. The predicted molar refractivity (Wildman–Crippen MR) is 123 cm³/mol. The molecule has 1 amide bonds. The maximum Gasteiger partial charge on any atom is 0.270 e. The first-order valence-corrected chi connectivity index (χ1v) is 11.3. The van der Waals surface area contributed by atoms with Crippen LogP contribution in [0.25, 0.3) is 10.9 Å². The highest BCUT2D eigenvalue weighted by Crippen LogP contribution is 2.40. The summed E-state index contributed by atoms with van der Waals surface area (Å²) in [4.78, 5) is 15.4. The monoisotopic (exact) mass is 434 g/mol. The zero-order valence-electron chi connectivity index (χ0n) is 18.8. The second kappa shape index (κ2) is 8.17. The van der Waals surface area contributed by atoms with Crippen molar-refractivity contribution in [1.29, 1.82) is 0 Å². The summed E-state index contributed by atoms with van der Waals surface area (Å²) >= 11 is 0. The van der Waals surface area contributed by atoms with Crippen LogP contribution in [0.1, 0.15) is 28.9 Å². The molecule has 6 heteroatoms. The molecule has 0 spiro atoms. The molecule has 3 aromatic rings. The lowest BCUT2D eigenvalue weighted by molar-refractivity contribution is -0.0240. The van der Waals surface area contributed by atoms with Gasteiger partial charge in [-0.05, 0) is 55.4 Å². The maximum atomic E-state index is 13.4. The number of hydrogen-bond donors (Lipinski definition) is 1. The Morgan fingerprint density at radius 3 is 2.47 bits per heavy atom. The Bertz CT molecular complexity index is 1150. The Morgan fingerprint density at radius 1 is 1.03 bits per heavy atom. The first-order chi connectivity index (χ1) is 15.5. The van der Waals surface area contributed by atoms with Gasteiger partial charge in [0.15, 0.2) is 11.5 Å². The molecule has 5 rings (SSSR count). The molecule has 2 aromatic carbocycles. The molecule has 168 valence electrons. The Kier molecular flexibility index (Phi) is 5.33. The number of aliphatic hydroxyl groups excluding tert-OH is 1. The maximum absolute atomic E-state index is 13.4. The van der Waals surface area contributed by atoms with Gasteiger partial charge >= 0.3 is 0 Å². The van der Waals surface area contributed by atoms with E-state index in [0.717, 1.165) is 23.0 Å². The van der Waals surface area contributed by atoms with Crippen LogP contribution < -0.4 is 9.47 Å². The molecule has 0 radical (unpaired) electrons. The normalized spacial score (nSPS) is 25.1. The summed E-state index contributed by atoms with van der Waals surface area (Å²) in [5, 5.41) is 11.9. The average Bonchev–Trinajstić information content (AvgIpc) is 3.35. The van der Waals surface area contributed by atoms with Gasteiger partial charge < -0.3 is 24.0 Å². The van der Waals surface area contributed by atoms with Crippen LogP contribution in [0.3, 0.4) is 0 Å². The van der Waals surface area contributed by atoms with Crippen molar-refractivity contribution in [3.63, 3.8) is 0 Å². The van der Waals surface area contributed by atoms with Crippen molar-refractivity contribution >= 4 is 16.8 Å². The number of aliphatic hydroxyl groups is 1. The summed E-state index contributed by atoms with van der Waals surface area (Å²) in [6.07, 6.45) is 0.504. The zero-order chi connectivity index (χ0) is 22.4. The van der Waals surface area contributed by atoms with Crippen molar-refractivity contribution in [3.05, 3.63) is 59.8 Å². The van der Waals surface area contributed by atoms with Crippen LogP contribution in [0.15, 0.2) is 48.5 Å². The molecule has 1 aliphatic carbocycles. The fourth-order valence-corrected chi connectivity index (χ4v) is 5.55. The van der Waals surface area contributed by atoms with E-state index in [1.807, 2.05) is 52.9 Å². The lowest BCUT2D eigenvalue weighted by Gasteiger charge is -2.35. The Labute approximate surface area is 188 Å². The number of nitrogens with zero attached hydrogens (tertiary/aromatic N) is 2. The number of rotatable bonds is 4. The van der Waals surface area contributed by atoms with E-state index in [-0.39, 0.29) is 12.0 Å². The lowest BCUT2D eigenvalue weighted by Crippen LogP contribution is -2.42. The largest absolute Gasteiger partial charge is 0.493 e. The van der Waals surface area contributed by atoms with Gasteiger partial charge in [-0.2, -0.15) is 0 Å². The minimum absolute atomic E-state index is 0.0641. The number of aryl methyl sites for hydroxylation is 2. The van der Waals surface area contributed by atoms with E-state index in [1.165, 1.54) is 5.56 Å². The van der Waals surface area contributed by atoms with Gasteiger partial charge in [0.05, 0.1) is 18.7 Å².